The van der Waals surface area contributed by atoms with Gasteiger partial charge in [0.25, 0.3) is 0 Å². The number of esters is 6. The SMILES string of the molecule is CCOC(=O)C(CC(C)C)CC(C(=O)OCCOC(=O)C1C(c2ccccc2)C(C(=O)OCCOC(=O)C(CC(CC(C)C)C(=O)OCC)C(C)C)C1c1ccccc1)C(C)C. The molecule has 3 rings (SSSR count). The Kier molecular flexibility index (Phi) is 21.7. The van der Waals surface area contributed by atoms with Crippen molar-refractivity contribution in [1.82, 2.24) is 0 Å². The molecule has 2 aromatic carbocycles. The first-order valence-electron chi connectivity index (χ1n) is 22.6. The minimum Gasteiger partial charge on any atom is -0.466 e. The van der Waals surface area contributed by atoms with Crippen molar-refractivity contribution in [3.05, 3.63) is 71.8 Å². The molecule has 1 fully saturated rings. The van der Waals surface area contributed by atoms with E-state index in [0.29, 0.717) is 25.7 Å². The third-order valence-corrected chi connectivity index (χ3v) is 11.6. The molecule has 0 N–H and O–H groups in total. The maximum Gasteiger partial charge on any atom is 0.310 e. The van der Waals surface area contributed by atoms with Crippen molar-refractivity contribution in [2.24, 2.45) is 59.2 Å². The van der Waals surface area contributed by atoms with Crippen molar-refractivity contribution < 1.29 is 57.2 Å². The van der Waals surface area contributed by atoms with Crippen LogP contribution in [0.4, 0.5) is 0 Å². The Hall–Kier alpha value is -4.74. The lowest BCUT2D eigenvalue weighted by Gasteiger charge is -2.49. The third-order valence-electron chi connectivity index (χ3n) is 11.6. The lowest BCUT2D eigenvalue weighted by molar-refractivity contribution is -0.172. The van der Waals surface area contributed by atoms with E-state index >= 15 is 0 Å². The van der Waals surface area contributed by atoms with Gasteiger partial charge in [0.15, 0.2) is 0 Å². The molecule has 4 atom stereocenters. The molecule has 0 aromatic heterocycles. The van der Waals surface area contributed by atoms with Gasteiger partial charge in [-0.15, -0.1) is 0 Å². The largest absolute Gasteiger partial charge is 0.466 e. The van der Waals surface area contributed by atoms with E-state index in [2.05, 4.69) is 0 Å². The Morgan fingerprint density at radius 1 is 0.435 bits per heavy atom. The van der Waals surface area contributed by atoms with E-state index in [-0.39, 0.29) is 75.3 Å². The number of hydrogen-bond acceptors (Lipinski definition) is 12. The van der Waals surface area contributed by atoms with E-state index in [1.54, 1.807) is 13.8 Å². The van der Waals surface area contributed by atoms with E-state index in [0.717, 1.165) is 11.1 Å². The topological polar surface area (TPSA) is 158 Å². The van der Waals surface area contributed by atoms with Gasteiger partial charge in [-0.2, -0.15) is 0 Å². The summed E-state index contributed by atoms with van der Waals surface area (Å²) in [4.78, 5) is 80.3. The highest BCUT2D eigenvalue weighted by atomic mass is 16.6. The van der Waals surface area contributed by atoms with Gasteiger partial charge in [-0.1, -0.05) is 116 Å². The summed E-state index contributed by atoms with van der Waals surface area (Å²) in [6, 6.07) is 18.5. The minimum atomic E-state index is -0.763. The number of benzene rings is 2. The molecule has 0 heterocycles. The fourth-order valence-electron chi connectivity index (χ4n) is 8.62. The molecule has 0 saturated heterocycles. The van der Waals surface area contributed by atoms with Gasteiger partial charge >= 0.3 is 35.8 Å². The molecule has 62 heavy (non-hydrogen) atoms. The fraction of sp³-hybridized carbons (Fsp3) is 0.640. The number of ether oxygens (including phenoxy) is 6. The fourth-order valence-corrected chi connectivity index (χ4v) is 8.62. The van der Waals surface area contributed by atoms with Crippen molar-refractivity contribution in [3.8, 4) is 0 Å². The summed E-state index contributed by atoms with van der Waals surface area (Å²) in [7, 11) is 0. The summed E-state index contributed by atoms with van der Waals surface area (Å²) in [6.45, 7) is 19.0. The molecule has 0 radical (unpaired) electrons. The molecule has 1 saturated carbocycles. The number of carbonyl (C=O) groups is 6. The van der Waals surface area contributed by atoms with Gasteiger partial charge in [-0.3, -0.25) is 28.8 Å². The number of carbonyl (C=O) groups excluding carboxylic acids is 6. The van der Waals surface area contributed by atoms with E-state index in [1.807, 2.05) is 116 Å². The van der Waals surface area contributed by atoms with Crippen LogP contribution >= 0.6 is 0 Å². The summed E-state index contributed by atoms with van der Waals surface area (Å²) in [5, 5.41) is 0. The van der Waals surface area contributed by atoms with Crippen molar-refractivity contribution in [3.63, 3.8) is 0 Å². The molecule has 2 aromatic rings. The van der Waals surface area contributed by atoms with Crippen molar-refractivity contribution in [2.75, 3.05) is 39.6 Å². The molecule has 0 spiro atoms. The quantitative estimate of drug-likeness (QED) is 0.0504. The highest BCUT2D eigenvalue weighted by Gasteiger charge is 2.59. The van der Waals surface area contributed by atoms with Crippen LogP contribution in [0.25, 0.3) is 0 Å². The highest BCUT2D eigenvalue weighted by Crippen LogP contribution is 2.58. The first-order chi connectivity index (χ1) is 29.5. The van der Waals surface area contributed by atoms with Crippen LogP contribution in [0, 0.1) is 59.2 Å². The second-order valence-corrected chi connectivity index (χ2v) is 17.9. The molecule has 344 valence electrons. The summed E-state index contributed by atoms with van der Waals surface area (Å²) in [6.07, 6.45) is 1.75. The molecule has 1 aliphatic rings. The first kappa shape index (κ1) is 51.6. The zero-order valence-electron chi connectivity index (χ0n) is 38.7. The van der Waals surface area contributed by atoms with E-state index in [1.165, 1.54) is 0 Å². The second-order valence-electron chi connectivity index (χ2n) is 17.9. The lowest BCUT2D eigenvalue weighted by atomic mass is 9.52. The molecule has 12 nitrogen and oxygen atoms in total. The van der Waals surface area contributed by atoms with Crippen molar-refractivity contribution in [1.29, 1.82) is 0 Å². The Labute approximate surface area is 369 Å². The maximum atomic E-state index is 14.0. The van der Waals surface area contributed by atoms with E-state index in [4.69, 9.17) is 28.4 Å². The average molecular weight is 865 g/mol. The molecule has 0 bridgehead atoms. The first-order valence-corrected chi connectivity index (χ1v) is 22.6. The number of hydrogen-bond donors (Lipinski definition) is 0. The summed E-state index contributed by atoms with van der Waals surface area (Å²) in [5.74, 6) is -7.14. The Balaban J connectivity index is 1.72. The van der Waals surface area contributed by atoms with E-state index in [9.17, 15) is 28.8 Å². The van der Waals surface area contributed by atoms with Crippen LogP contribution in [0.15, 0.2) is 60.7 Å². The number of rotatable bonds is 26. The zero-order chi connectivity index (χ0) is 45.9. The third kappa shape index (κ3) is 15.3. The Morgan fingerprint density at radius 3 is 1.05 bits per heavy atom. The van der Waals surface area contributed by atoms with Gasteiger partial charge in [-0.25, -0.2) is 0 Å². The molecular formula is C50H72O12. The molecule has 12 heteroatoms. The predicted molar refractivity (Wildman–Crippen MR) is 234 cm³/mol. The van der Waals surface area contributed by atoms with Crippen LogP contribution in [0.5, 0.6) is 0 Å². The predicted octanol–water partition coefficient (Wildman–Crippen LogP) is 8.75. The normalized spacial score (nSPS) is 19.2. The lowest BCUT2D eigenvalue weighted by Crippen LogP contribution is -2.52. The van der Waals surface area contributed by atoms with E-state index < -0.39 is 71.2 Å². The van der Waals surface area contributed by atoms with Gasteiger partial charge in [0.1, 0.15) is 26.4 Å². The van der Waals surface area contributed by atoms with Gasteiger partial charge in [0.05, 0.1) is 48.7 Å². The summed E-state index contributed by atoms with van der Waals surface area (Å²) >= 11 is 0. The standard InChI is InChI=1S/C50H72O12/c1-11-57-45(51)37(27-31(3)4)29-39(33(7)8)47(53)59-23-25-61-49(55)43-41(35-19-15-13-16-20-35)44(42(43)36-21-17-14-18-22-36)50(56)62-26-24-60-48(54)40(34(9)10)30-38(28-32(5)6)46(52)58-12-2/h13-22,31-34,37-44H,11-12,23-30H2,1-10H3. The Morgan fingerprint density at radius 2 is 0.758 bits per heavy atom. The van der Waals surface area contributed by atoms with Crippen LogP contribution in [-0.4, -0.2) is 75.5 Å². The van der Waals surface area contributed by atoms with Gasteiger partial charge in [0.2, 0.25) is 0 Å². The van der Waals surface area contributed by atoms with Crippen LogP contribution in [-0.2, 0) is 57.2 Å². The van der Waals surface area contributed by atoms with Crippen LogP contribution in [0.1, 0.15) is 118 Å². The second kappa shape index (κ2) is 26.0. The Bertz CT molecular complexity index is 1570. The molecular weight excluding hydrogens is 793 g/mol. The monoisotopic (exact) mass is 865 g/mol. The molecule has 1 aliphatic carbocycles. The average Bonchev–Trinajstić information content (AvgIpc) is 3.21. The molecule has 0 amide bonds. The summed E-state index contributed by atoms with van der Waals surface area (Å²) in [5.41, 5.74) is 1.52. The molecule has 0 aliphatic heterocycles. The van der Waals surface area contributed by atoms with Crippen molar-refractivity contribution >= 4 is 35.8 Å². The van der Waals surface area contributed by atoms with Gasteiger partial charge in [-0.05, 0) is 74.3 Å². The van der Waals surface area contributed by atoms with Gasteiger partial charge < -0.3 is 28.4 Å². The zero-order valence-corrected chi connectivity index (χ0v) is 38.7. The van der Waals surface area contributed by atoms with Crippen molar-refractivity contribution in [2.45, 2.75) is 107 Å². The van der Waals surface area contributed by atoms with Crippen LogP contribution < -0.4 is 0 Å². The maximum absolute atomic E-state index is 14.0. The van der Waals surface area contributed by atoms with Gasteiger partial charge in [0, 0.05) is 11.8 Å². The summed E-state index contributed by atoms with van der Waals surface area (Å²) < 4.78 is 33.4. The minimum absolute atomic E-state index is 0.104. The highest BCUT2D eigenvalue weighted by molar-refractivity contribution is 5.85. The smallest absolute Gasteiger partial charge is 0.310 e. The van der Waals surface area contributed by atoms with Crippen LogP contribution in [0.2, 0.25) is 0 Å². The van der Waals surface area contributed by atoms with Crippen LogP contribution in [0.3, 0.4) is 0 Å². The molecule has 4 unspecified atom stereocenters.